The van der Waals surface area contributed by atoms with Gasteiger partial charge in [-0.3, -0.25) is 4.79 Å². The lowest BCUT2D eigenvalue weighted by Crippen LogP contribution is -2.30. The molecule has 1 atom stereocenters. The summed E-state index contributed by atoms with van der Waals surface area (Å²) in [5.74, 6) is 0.979. The topological polar surface area (TPSA) is 64.3 Å². The number of hydrogen-bond donors (Lipinski definition) is 2. The van der Waals surface area contributed by atoms with Gasteiger partial charge in [0.15, 0.2) is 0 Å². The van der Waals surface area contributed by atoms with Gasteiger partial charge in [-0.2, -0.15) is 0 Å². The van der Waals surface area contributed by atoms with Crippen LogP contribution >= 0.6 is 0 Å². The molecule has 0 fully saturated rings. The standard InChI is InChI=1S/C12H26N2O2/c1-10(2)4-6-16-7-5-14-12(15)8-11(3)9-13/h10-11H,4-9,13H2,1-3H3,(H,14,15). The van der Waals surface area contributed by atoms with Crippen LogP contribution in [0.1, 0.15) is 33.6 Å². The summed E-state index contributed by atoms with van der Waals surface area (Å²) in [5.41, 5.74) is 5.44. The summed E-state index contributed by atoms with van der Waals surface area (Å²) in [6.07, 6.45) is 1.57. The maximum atomic E-state index is 11.3. The molecule has 0 aliphatic carbocycles. The molecule has 1 amide bonds. The van der Waals surface area contributed by atoms with Gasteiger partial charge in [0.2, 0.25) is 5.91 Å². The molecule has 0 aromatic heterocycles. The van der Waals surface area contributed by atoms with Crippen molar-refractivity contribution >= 4 is 5.91 Å². The van der Waals surface area contributed by atoms with Gasteiger partial charge in [0, 0.05) is 19.6 Å². The lowest BCUT2D eigenvalue weighted by Gasteiger charge is -2.10. The summed E-state index contributed by atoms with van der Waals surface area (Å²) in [6.45, 7) is 8.81. The van der Waals surface area contributed by atoms with Gasteiger partial charge in [0.25, 0.3) is 0 Å². The van der Waals surface area contributed by atoms with Crippen molar-refractivity contribution in [3.8, 4) is 0 Å². The number of carbonyl (C=O) groups excluding carboxylic acids is 1. The first kappa shape index (κ1) is 15.4. The Labute approximate surface area is 98.9 Å². The Morgan fingerprint density at radius 3 is 2.56 bits per heavy atom. The maximum Gasteiger partial charge on any atom is 0.220 e. The molecule has 0 aromatic carbocycles. The first-order valence-corrected chi connectivity index (χ1v) is 6.10. The Morgan fingerprint density at radius 1 is 1.31 bits per heavy atom. The second-order valence-corrected chi connectivity index (χ2v) is 4.69. The molecule has 96 valence electrons. The van der Waals surface area contributed by atoms with Crippen molar-refractivity contribution in [3.63, 3.8) is 0 Å². The molecule has 4 nitrogen and oxygen atoms in total. The Balaban J connectivity index is 3.28. The van der Waals surface area contributed by atoms with Crippen LogP contribution in [0, 0.1) is 11.8 Å². The smallest absolute Gasteiger partial charge is 0.220 e. The SMILES string of the molecule is CC(C)CCOCCNC(=O)CC(C)CN. The fraction of sp³-hybridized carbons (Fsp3) is 0.917. The average Bonchev–Trinajstić information content (AvgIpc) is 2.22. The molecule has 0 aliphatic rings. The van der Waals surface area contributed by atoms with E-state index >= 15 is 0 Å². The molecule has 4 heteroatoms. The van der Waals surface area contributed by atoms with Crippen LogP contribution in [0.4, 0.5) is 0 Å². The highest BCUT2D eigenvalue weighted by molar-refractivity contribution is 5.76. The molecule has 0 rings (SSSR count). The van der Waals surface area contributed by atoms with E-state index in [0.717, 1.165) is 13.0 Å². The van der Waals surface area contributed by atoms with Crippen molar-refractivity contribution in [1.29, 1.82) is 0 Å². The van der Waals surface area contributed by atoms with Gasteiger partial charge >= 0.3 is 0 Å². The lowest BCUT2D eigenvalue weighted by molar-refractivity contribution is -0.122. The number of nitrogens with two attached hydrogens (primary N) is 1. The third-order valence-electron chi connectivity index (χ3n) is 2.34. The van der Waals surface area contributed by atoms with E-state index in [-0.39, 0.29) is 11.8 Å². The molecule has 0 saturated carbocycles. The van der Waals surface area contributed by atoms with E-state index in [0.29, 0.717) is 32.0 Å². The minimum Gasteiger partial charge on any atom is -0.380 e. The van der Waals surface area contributed by atoms with Crippen LogP contribution in [-0.2, 0) is 9.53 Å². The second kappa shape index (κ2) is 9.60. The van der Waals surface area contributed by atoms with Crippen molar-refractivity contribution in [1.82, 2.24) is 5.32 Å². The van der Waals surface area contributed by atoms with Gasteiger partial charge in [0.05, 0.1) is 6.61 Å². The van der Waals surface area contributed by atoms with E-state index in [9.17, 15) is 4.79 Å². The van der Waals surface area contributed by atoms with Crippen molar-refractivity contribution in [3.05, 3.63) is 0 Å². The van der Waals surface area contributed by atoms with Crippen LogP contribution in [0.5, 0.6) is 0 Å². The van der Waals surface area contributed by atoms with Crippen molar-refractivity contribution < 1.29 is 9.53 Å². The van der Waals surface area contributed by atoms with Crippen LogP contribution < -0.4 is 11.1 Å². The van der Waals surface area contributed by atoms with Gasteiger partial charge < -0.3 is 15.8 Å². The largest absolute Gasteiger partial charge is 0.380 e. The first-order valence-electron chi connectivity index (χ1n) is 6.10. The number of carbonyl (C=O) groups is 1. The zero-order valence-corrected chi connectivity index (χ0v) is 10.8. The van der Waals surface area contributed by atoms with Gasteiger partial charge in [-0.05, 0) is 24.8 Å². The summed E-state index contributed by atoms with van der Waals surface area (Å²) < 4.78 is 5.39. The molecular weight excluding hydrogens is 204 g/mol. The summed E-state index contributed by atoms with van der Waals surface area (Å²) in [7, 11) is 0. The highest BCUT2D eigenvalue weighted by atomic mass is 16.5. The molecule has 0 aromatic rings. The summed E-state index contributed by atoms with van der Waals surface area (Å²) in [4.78, 5) is 11.3. The molecule has 16 heavy (non-hydrogen) atoms. The fourth-order valence-electron chi connectivity index (χ4n) is 1.16. The van der Waals surface area contributed by atoms with Gasteiger partial charge in [-0.15, -0.1) is 0 Å². The minimum atomic E-state index is 0.0606. The summed E-state index contributed by atoms with van der Waals surface area (Å²) in [5, 5.41) is 2.82. The molecule has 0 aliphatic heterocycles. The van der Waals surface area contributed by atoms with Crippen molar-refractivity contribution in [2.24, 2.45) is 17.6 Å². The second-order valence-electron chi connectivity index (χ2n) is 4.69. The average molecular weight is 230 g/mol. The highest BCUT2D eigenvalue weighted by Gasteiger charge is 2.06. The summed E-state index contributed by atoms with van der Waals surface area (Å²) in [6, 6.07) is 0. The predicted molar refractivity (Wildman–Crippen MR) is 66.1 cm³/mol. The molecule has 3 N–H and O–H groups in total. The number of hydrogen-bond acceptors (Lipinski definition) is 3. The predicted octanol–water partition coefficient (Wildman–Crippen LogP) is 1.15. The lowest BCUT2D eigenvalue weighted by atomic mass is 10.1. The molecule has 0 bridgehead atoms. The fourth-order valence-corrected chi connectivity index (χ4v) is 1.16. The number of rotatable bonds is 9. The Bertz CT molecular complexity index is 184. The monoisotopic (exact) mass is 230 g/mol. The third kappa shape index (κ3) is 9.93. The third-order valence-corrected chi connectivity index (χ3v) is 2.34. The van der Waals surface area contributed by atoms with E-state index in [1.54, 1.807) is 0 Å². The van der Waals surface area contributed by atoms with Gasteiger partial charge in [-0.25, -0.2) is 0 Å². The van der Waals surface area contributed by atoms with Gasteiger partial charge in [0.1, 0.15) is 0 Å². The van der Waals surface area contributed by atoms with Crippen molar-refractivity contribution in [2.75, 3.05) is 26.3 Å². The first-order chi connectivity index (χ1) is 7.56. The summed E-state index contributed by atoms with van der Waals surface area (Å²) >= 11 is 0. The number of nitrogens with one attached hydrogen (secondary N) is 1. The highest BCUT2D eigenvalue weighted by Crippen LogP contribution is 1.99. The van der Waals surface area contributed by atoms with Gasteiger partial charge in [-0.1, -0.05) is 20.8 Å². The maximum absolute atomic E-state index is 11.3. The number of amides is 1. The Morgan fingerprint density at radius 2 is 2.00 bits per heavy atom. The number of ether oxygens (including phenoxy) is 1. The molecular formula is C12H26N2O2. The normalized spacial score (nSPS) is 12.8. The quantitative estimate of drug-likeness (QED) is 0.584. The van der Waals surface area contributed by atoms with E-state index in [2.05, 4.69) is 19.2 Å². The Hall–Kier alpha value is -0.610. The van der Waals surface area contributed by atoms with Crippen LogP contribution in [0.2, 0.25) is 0 Å². The van der Waals surface area contributed by atoms with Crippen LogP contribution in [0.3, 0.4) is 0 Å². The van der Waals surface area contributed by atoms with Crippen LogP contribution in [0.25, 0.3) is 0 Å². The molecule has 0 heterocycles. The molecule has 0 saturated heterocycles. The van der Waals surface area contributed by atoms with Crippen molar-refractivity contribution in [2.45, 2.75) is 33.6 Å². The van der Waals surface area contributed by atoms with E-state index < -0.39 is 0 Å². The van der Waals surface area contributed by atoms with Crippen LogP contribution in [-0.4, -0.2) is 32.2 Å². The Kier molecular flexibility index (Phi) is 9.24. The van der Waals surface area contributed by atoms with E-state index in [4.69, 9.17) is 10.5 Å². The molecule has 1 unspecified atom stereocenters. The van der Waals surface area contributed by atoms with Crippen LogP contribution in [0.15, 0.2) is 0 Å². The molecule has 0 spiro atoms. The molecule has 0 radical (unpaired) electrons. The van der Waals surface area contributed by atoms with E-state index in [1.165, 1.54) is 0 Å². The van der Waals surface area contributed by atoms with E-state index in [1.807, 2.05) is 6.92 Å². The zero-order chi connectivity index (χ0) is 12.4. The zero-order valence-electron chi connectivity index (χ0n) is 10.8. The minimum absolute atomic E-state index is 0.0606.